The largest absolute Gasteiger partial charge is 0.479 e. The normalized spacial score (nSPS) is 16.4. The molecule has 0 bridgehead atoms. The van der Waals surface area contributed by atoms with E-state index in [1.165, 1.54) is 0 Å². The van der Waals surface area contributed by atoms with Crippen LogP contribution < -0.4 is 4.90 Å². The molecular formula is C27H29N5O3. The lowest BCUT2D eigenvalue weighted by molar-refractivity contribution is -0.147. The quantitative estimate of drug-likeness (QED) is 0.441. The number of hydrogen-bond donors (Lipinski definition) is 2. The molecule has 1 aromatic carbocycles. The van der Waals surface area contributed by atoms with Crippen LogP contribution in [0.5, 0.6) is 0 Å². The highest BCUT2D eigenvalue weighted by Crippen LogP contribution is 2.37. The second-order valence-corrected chi connectivity index (χ2v) is 9.92. The summed E-state index contributed by atoms with van der Waals surface area (Å²) in [5, 5.41) is 25.1. The lowest BCUT2D eigenvalue weighted by Gasteiger charge is -2.39. The number of aliphatic carboxylic acids is 1. The van der Waals surface area contributed by atoms with Crippen molar-refractivity contribution in [3.05, 3.63) is 66.0 Å². The van der Waals surface area contributed by atoms with Gasteiger partial charge in [0.25, 0.3) is 0 Å². The summed E-state index contributed by atoms with van der Waals surface area (Å²) in [6.45, 7) is 7.69. The van der Waals surface area contributed by atoms with E-state index in [2.05, 4.69) is 28.7 Å². The number of carboxylic acid groups (broad SMARTS) is 1. The van der Waals surface area contributed by atoms with Crippen LogP contribution in [0.4, 0.5) is 5.82 Å². The molecule has 0 radical (unpaired) electrons. The maximum Gasteiger partial charge on any atom is 0.337 e. The number of nitrogens with zero attached hydrogens (tertiary/aromatic N) is 5. The molecule has 180 valence electrons. The molecule has 1 atom stereocenters. The van der Waals surface area contributed by atoms with Crippen LogP contribution in [0, 0.1) is 12.3 Å². The minimum Gasteiger partial charge on any atom is -0.479 e. The fraction of sp³-hybridized carbons (Fsp3) is 0.333. The number of hydrogen-bond acceptors (Lipinski definition) is 6. The van der Waals surface area contributed by atoms with E-state index in [1.807, 2.05) is 48.5 Å². The number of rotatable bonds is 5. The van der Waals surface area contributed by atoms with E-state index in [0.717, 1.165) is 37.1 Å². The summed E-state index contributed by atoms with van der Waals surface area (Å²) in [5.41, 5.74) is 4.99. The molecule has 0 saturated carbocycles. The van der Waals surface area contributed by atoms with Crippen LogP contribution in [0.2, 0.25) is 0 Å². The summed E-state index contributed by atoms with van der Waals surface area (Å²) in [5.74, 6) is -0.721. The van der Waals surface area contributed by atoms with Crippen molar-refractivity contribution < 1.29 is 15.0 Å². The highest BCUT2D eigenvalue weighted by atomic mass is 16.4. The Kier molecular flexibility index (Phi) is 5.76. The maximum absolute atomic E-state index is 11.8. The molecule has 3 aromatic heterocycles. The van der Waals surface area contributed by atoms with Gasteiger partial charge < -0.3 is 15.1 Å². The zero-order chi connectivity index (χ0) is 24.7. The lowest BCUT2D eigenvalue weighted by Crippen LogP contribution is -2.39. The van der Waals surface area contributed by atoms with Gasteiger partial charge in [-0.25, -0.2) is 9.78 Å². The molecule has 1 aliphatic heterocycles. The first-order valence-corrected chi connectivity index (χ1v) is 11.8. The van der Waals surface area contributed by atoms with E-state index in [0.29, 0.717) is 28.5 Å². The fourth-order valence-corrected chi connectivity index (χ4v) is 4.69. The predicted octanol–water partition coefficient (Wildman–Crippen LogP) is 4.51. The van der Waals surface area contributed by atoms with Gasteiger partial charge in [-0.3, -0.25) is 4.98 Å². The van der Waals surface area contributed by atoms with Crippen LogP contribution in [0.1, 0.15) is 44.1 Å². The molecule has 1 aliphatic rings. The van der Waals surface area contributed by atoms with Crippen molar-refractivity contribution in [1.82, 2.24) is 19.6 Å². The summed E-state index contributed by atoms with van der Waals surface area (Å²) in [6, 6.07) is 15.9. The van der Waals surface area contributed by atoms with Crippen molar-refractivity contribution in [2.24, 2.45) is 5.41 Å². The Bertz CT molecular complexity index is 1390. The number of pyridine rings is 1. The van der Waals surface area contributed by atoms with Gasteiger partial charge in [-0.15, -0.1) is 0 Å². The molecule has 0 aliphatic carbocycles. The van der Waals surface area contributed by atoms with Gasteiger partial charge in [-0.05, 0) is 48.4 Å². The third-order valence-corrected chi connectivity index (χ3v) is 6.86. The van der Waals surface area contributed by atoms with E-state index < -0.39 is 12.1 Å². The second kappa shape index (κ2) is 8.78. The predicted molar refractivity (Wildman–Crippen MR) is 134 cm³/mol. The third kappa shape index (κ3) is 4.37. The molecule has 5 rings (SSSR count). The van der Waals surface area contributed by atoms with Crippen molar-refractivity contribution in [3.63, 3.8) is 0 Å². The van der Waals surface area contributed by atoms with Crippen molar-refractivity contribution >= 4 is 17.4 Å². The van der Waals surface area contributed by atoms with Gasteiger partial charge in [0.2, 0.25) is 0 Å². The average Bonchev–Trinajstić information content (AvgIpc) is 3.27. The summed E-state index contributed by atoms with van der Waals surface area (Å²) in [7, 11) is 0. The molecule has 35 heavy (non-hydrogen) atoms. The second-order valence-electron chi connectivity index (χ2n) is 9.92. The van der Waals surface area contributed by atoms with Gasteiger partial charge in [0.05, 0.1) is 11.3 Å². The summed E-state index contributed by atoms with van der Waals surface area (Å²) in [6.07, 6.45) is 1.97. The standard InChI is InChI=1S/C27H29N5O3/c1-17-23(24(33)26(34)35)25(31-13-10-27(2,3)11-14-31)32-22(29-17)16-21(30-32)20-15-19(9-12-28-20)18-7-5-4-6-8-18/h4-9,12,15-16,24,33H,10-11,13-14H2,1-3H3,(H,34,35). The Morgan fingerprint density at radius 2 is 1.74 bits per heavy atom. The summed E-state index contributed by atoms with van der Waals surface area (Å²) >= 11 is 0. The molecule has 8 heteroatoms. The van der Waals surface area contributed by atoms with Crippen LogP contribution in [-0.2, 0) is 4.79 Å². The van der Waals surface area contributed by atoms with Crippen LogP contribution in [0.3, 0.4) is 0 Å². The number of aromatic nitrogens is 4. The minimum atomic E-state index is -1.69. The number of fused-ring (bicyclic) bond motifs is 1. The van der Waals surface area contributed by atoms with Gasteiger partial charge >= 0.3 is 5.97 Å². The van der Waals surface area contributed by atoms with Gasteiger partial charge in [0.15, 0.2) is 11.8 Å². The van der Waals surface area contributed by atoms with Crippen molar-refractivity contribution in [3.8, 4) is 22.5 Å². The highest BCUT2D eigenvalue weighted by molar-refractivity contribution is 5.78. The molecule has 1 fully saturated rings. The lowest BCUT2D eigenvalue weighted by atomic mass is 9.82. The van der Waals surface area contributed by atoms with E-state index in [1.54, 1.807) is 17.6 Å². The molecular weight excluding hydrogens is 442 g/mol. The Labute approximate surface area is 203 Å². The SMILES string of the molecule is Cc1nc2cc(-c3cc(-c4ccccc4)ccn3)nn2c(N2CCC(C)(C)CC2)c1C(O)C(=O)O. The first-order valence-electron chi connectivity index (χ1n) is 11.8. The van der Waals surface area contributed by atoms with E-state index in [9.17, 15) is 15.0 Å². The number of benzene rings is 1. The van der Waals surface area contributed by atoms with E-state index >= 15 is 0 Å². The van der Waals surface area contributed by atoms with Crippen LogP contribution in [-0.4, -0.2) is 48.9 Å². The number of aliphatic hydroxyl groups excluding tert-OH is 1. The molecule has 4 heterocycles. The van der Waals surface area contributed by atoms with Crippen molar-refractivity contribution in [2.75, 3.05) is 18.0 Å². The molecule has 8 nitrogen and oxygen atoms in total. The first-order chi connectivity index (χ1) is 16.7. The Morgan fingerprint density at radius 3 is 2.43 bits per heavy atom. The van der Waals surface area contributed by atoms with Gasteiger partial charge in [-0.1, -0.05) is 44.2 Å². The number of anilines is 1. The number of aliphatic hydroxyl groups is 1. The molecule has 0 amide bonds. The highest BCUT2D eigenvalue weighted by Gasteiger charge is 2.33. The summed E-state index contributed by atoms with van der Waals surface area (Å²) < 4.78 is 1.67. The molecule has 1 saturated heterocycles. The molecule has 4 aromatic rings. The molecule has 1 unspecified atom stereocenters. The van der Waals surface area contributed by atoms with Crippen molar-refractivity contribution in [2.45, 2.75) is 39.7 Å². The number of carbonyl (C=O) groups is 1. The number of carboxylic acids is 1. The zero-order valence-corrected chi connectivity index (χ0v) is 20.1. The Hall–Kier alpha value is -3.78. The van der Waals surface area contributed by atoms with Gasteiger partial charge in [0, 0.05) is 31.0 Å². The monoisotopic (exact) mass is 471 g/mol. The number of aryl methyl sites for hydroxylation is 1. The van der Waals surface area contributed by atoms with Crippen molar-refractivity contribution in [1.29, 1.82) is 0 Å². The topological polar surface area (TPSA) is 104 Å². The van der Waals surface area contributed by atoms with Gasteiger partial charge in [0.1, 0.15) is 11.5 Å². The minimum absolute atomic E-state index is 0.209. The van der Waals surface area contributed by atoms with Gasteiger partial charge in [-0.2, -0.15) is 9.61 Å². The fourth-order valence-electron chi connectivity index (χ4n) is 4.69. The van der Waals surface area contributed by atoms with Crippen LogP contribution in [0.25, 0.3) is 28.2 Å². The first kappa shape index (κ1) is 23.0. The van der Waals surface area contributed by atoms with E-state index in [4.69, 9.17) is 5.10 Å². The third-order valence-electron chi connectivity index (χ3n) is 6.86. The smallest absolute Gasteiger partial charge is 0.337 e. The maximum atomic E-state index is 11.8. The molecule has 0 spiro atoms. The Balaban J connectivity index is 1.65. The van der Waals surface area contributed by atoms with E-state index in [-0.39, 0.29) is 11.0 Å². The molecule has 2 N–H and O–H groups in total. The van der Waals surface area contributed by atoms with Crippen LogP contribution in [0.15, 0.2) is 54.7 Å². The zero-order valence-electron chi connectivity index (χ0n) is 20.1. The van der Waals surface area contributed by atoms with Crippen LogP contribution >= 0.6 is 0 Å². The Morgan fingerprint density at radius 1 is 1.03 bits per heavy atom. The average molecular weight is 472 g/mol. The summed E-state index contributed by atoms with van der Waals surface area (Å²) in [4.78, 5) is 23.1. The number of piperidine rings is 1.